The van der Waals surface area contributed by atoms with Gasteiger partial charge in [-0.15, -0.1) is 0 Å². The summed E-state index contributed by atoms with van der Waals surface area (Å²) in [6, 6.07) is 15.4. The normalized spacial score (nSPS) is 14.2. The van der Waals surface area contributed by atoms with E-state index in [2.05, 4.69) is 24.8 Å². The van der Waals surface area contributed by atoms with E-state index in [1.54, 1.807) is 24.8 Å². The summed E-state index contributed by atoms with van der Waals surface area (Å²) in [4.78, 5) is 27.1. The molecule has 8 rings (SSSR count). The van der Waals surface area contributed by atoms with Crippen LogP contribution in [0.1, 0.15) is 22.9 Å². The number of anilines is 2. The molecule has 45 heavy (non-hydrogen) atoms. The van der Waals surface area contributed by atoms with E-state index < -0.39 is 0 Å². The highest BCUT2D eigenvalue weighted by molar-refractivity contribution is 6.30. The maximum atomic E-state index is 6.17. The lowest BCUT2D eigenvalue weighted by Gasteiger charge is -2.25. The highest BCUT2D eigenvalue weighted by Gasteiger charge is 2.26. The van der Waals surface area contributed by atoms with Crippen molar-refractivity contribution >= 4 is 23.2 Å². The fourth-order valence-corrected chi connectivity index (χ4v) is 5.81. The van der Waals surface area contributed by atoms with Gasteiger partial charge in [0.2, 0.25) is 18.0 Å². The van der Waals surface area contributed by atoms with Gasteiger partial charge in [0.15, 0.2) is 12.0 Å². The Kier molecular flexibility index (Phi) is 7.07. The van der Waals surface area contributed by atoms with E-state index in [1.807, 2.05) is 65.5 Å². The Morgan fingerprint density at radius 3 is 2.22 bits per heavy atom. The minimum absolute atomic E-state index is 0.336. The lowest BCUT2D eigenvalue weighted by molar-refractivity contribution is -0.724. The Bertz CT molecular complexity index is 1960. The summed E-state index contributed by atoms with van der Waals surface area (Å²) in [5.74, 6) is 5.46. The first-order chi connectivity index (χ1) is 22.1. The van der Waals surface area contributed by atoms with Crippen molar-refractivity contribution in [3.63, 3.8) is 0 Å². The number of halogens is 1. The molecule has 0 unspecified atom stereocenters. The van der Waals surface area contributed by atoms with Crippen LogP contribution in [0.3, 0.4) is 0 Å². The van der Waals surface area contributed by atoms with E-state index in [4.69, 9.17) is 35.1 Å². The number of hydrogen-bond acceptors (Lipinski definition) is 10. The molecule has 224 valence electrons. The van der Waals surface area contributed by atoms with Crippen molar-refractivity contribution in [3.8, 4) is 28.7 Å². The molecule has 0 aliphatic carbocycles. The van der Waals surface area contributed by atoms with Gasteiger partial charge < -0.3 is 23.4 Å². The van der Waals surface area contributed by atoms with Crippen LogP contribution in [0, 0.1) is 0 Å². The summed E-state index contributed by atoms with van der Waals surface area (Å²) in [5, 5.41) is 0.654. The van der Waals surface area contributed by atoms with E-state index in [0.717, 1.165) is 77.4 Å². The predicted octanol–water partition coefficient (Wildman–Crippen LogP) is 5.28. The van der Waals surface area contributed by atoms with Gasteiger partial charge in [-0.3, -0.25) is 4.98 Å². The Balaban J connectivity index is 0.901. The van der Waals surface area contributed by atoms with Crippen LogP contribution in [0.4, 0.5) is 11.6 Å². The molecule has 0 fully saturated rings. The lowest BCUT2D eigenvalue weighted by Crippen LogP contribution is -2.39. The van der Waals surface area contributed by atoms with E-state index in [-0.39, 0.29) is 0 Å². The highest BCUT2D eigenvalue weighted by Crippen LogP contribution is 2.30. The van der Waals surface area contributed by atoms with E-state index in [9.17, 15) is 0 Å². The van der Waals surface area contributed by atoms with Crippen molar-refractivity contribution in [2.45, 2.75) is 32.7 Å². The molecular formula is C33H28ClN8O3+. The Labute approximate surface area is 263 Å². The van der Waals surface area contributed by atoms with Crippen molar-refractivity contribution in [1.82, 2.24) is 24.9 Å². The predicted molar refractivity (Wildman–Crippen MR) is 165 cm³/mol. The summed E-state index contributed by atoms with van der Waals surface area (Å²) in [7, 11) is 0. The van der Waals surface area contributed by atoms with Gasteiger partial charge in [-0.05, 0) is 42.5 Å². The molecule has 11 nitrogen and oxygen atoms in total. The van der Waals surface area contributed by atoms with Gasteiger partial charge >= 0.3 is 0 Å². The molecule has 2 aliphatic rings. The molecule has 0 radical (unpaired) electrons. The SMILES string of the molecule is Clc1cccc(-c2nc3c(o2)CCN(c2c[n+](COc4ccc(-c5nc6c(o5)CCN(c5cnccn5)C6)cc4)ccn2)C3)c1. The summed E-state index contributed by atoms with van der Waals surface area (Å²) in [6.07, 6.45) is 12.3. The van der Waals surface area contributed by atoms with Gasteiger partial charge in [0.05, 0.1) is 25.5 Å². The van der Waals surface area contributed by atoms with E-state index >= 15 is 0 Å². The van der Waals surface area contributed by atoms with Gasteiger partial charge in [-0.25, -0.2) is 19.9 Å². The molecule has 0 atom stereocenters. The molecule has 4 aromatic heterocycles. The molecule has 0 spiro atoms. The Hall–Kier alpha value is -5.29. The Morgan fingerprint density at radius 1 is 0.800 bits per heavy atom. The summed E-state index contributed by atoms with van der Waals surface area (Å²) >= 11 is 6.17. The van der Waals surface area contributed by atoms with Crippen LogP contribution >= 0.6 is 11.6 Å². The van der Waals surface area contributed by atoms with Gasteiger partial charge in [0, 0.05) is 54.5 Å². The zero-order chi connectivity index (χ0) is 30.2. The molecule has 0 amide bonds. The largest absolute Gasteiger partial charge is 0.441 e. The van der Waals surface area contributed by atoms with Crippen LogP contribution in [0.25, 0.3) is 22.9 Å². The average molecular weight is 620 g/mol. The number of nitrogens with zero attached hydrogens (tertiary/aromatic N) is 8. The second-order valence-corrected chi connectivity index (χ2v) is 11.4. The van der Waals surface area contributed by atoms with Crippen molar-refractivity contribution in [2.24, 2.45) is 0 Å². The zero-order valence-electron chi connectivity index (χ0n) is 24.2. The number of oxazole rings is 2. The number of rotatable bonds is 7. The monoisotopic (exact) mass is 619 g/mol. The second-order valence-electron chi connectivity index (χ2n) is 10.9. The van der Waals surface area contributed by atoms with Crippen LogP contribution in [-0.4, -0.2) is 38.0 Å². The smallest absolute Gasteiger partial charge is 0.292 e. The number of benzene rings is 2. The topological polar surface area (TPSA) is 110 Å². The quantitative estimate of drug-likeness (QED) is 0.219. The molecule has 2 aromatic carbocycles. The molecule has 0 N–H and O–H groups in total. The fraction of sp³-hybridized carbons (Fsp3) is 0.212. The van der Waals surface area contributed by atoms with Crippen LogP contribution < -0.4 is 19.1 Å². The summed E-state index contributed by atoms with van der Waals surface area (Å²) in [6.45, 7) is 3.18. The van der Waals surface area contributed by atoms with Crippen LogP contribution in [-0.2, 0) is 32.7 Å². The molecule has 2 aliphatic heterocycles. The molecule has 0 bridgehead atoms. The standard InChI is InChI=1S/C33H28ClN8O3/c34-24-3-1-2-23(16-24)33-39-27-19-42(14-9-29(27)45-33)31-20-40(15-12-37-31)21-43-25-6-4-22(5-7-25)32-38-26-18-41(13-8-28(26)44-32)30-17-35-10-11-36-30/h1-7,10-12,15-17,20H,8-9,13-14,18-19,21H2/q+1. The van der Waals surface area contributed by atoms with Crippen LogP contribution in [0.5, 0.6) is 5.75 Å². The molecular weight excluding hydrogens is 592 g/mol. The molecule has 0 saturated heterocycles. The second kappa shape index (κ2) is 11.7. The van der Waals surface area contributed by atoms with E-state index in [0.29, 0.717) is 36.6 Å². The molecule has 12 heteroatoms. The number of aromatic nitrogens is 6. The maximum Gasteiger partial charge on any atom is 0.292 e. The maximum absolute atomic E-state index is 6.17. The van der Waals surface area contributed by atoms with Crippen molar-refractivity contribution in [2.75, 3.05) is 22.9 Å². The highest BCUT2D eigenvalue weighted by atomic mass is 35.5. The molecule has 6 heterocycles. The van der Waals surface area contributed by atoms with Crippen LogP contribution in [0.15, 0.2) is 94.5 Å². The molecule has 6 aromatic rings. The third-order valence-electron chi connectivity index (χ3n) is 7.95. The van der Waals surface area contributed by atoms with E-state index in [1.165, 1.54) is 0 Å². The van der Waals surface area contributed by atoms with Crippen molar-refractivity contribution < 1.29 is 18.1 Å². The van der Waals surface area contributed by atoms with Gasteiger partial charge in [-0.2, -0.15) is 4.57 Å². The third kappa shape index (κ3) is 5.69. The minimum atomic E-state index is 0.336. The number of fused-ring (bicyclic) bond motifs is 2. The summed E-state index contributed by atoms with van der Waals surface area (Å²) in [5.41, 5.74) is 3.62. The first-order valence-electron chi connectivity index (χ1n) is 14.7. The van der Waals surface area contributed by atoms with Crippen molar-refractivity contribution in [3.05, 3.63) is 114 Å². The molecule has 0 saturated carbocycles. The number of hydrogen-bond donors (Lipinski definition) is 0. The average Bonchev–Trinajstić information content (AvgIpc) is 3.72. The third-order valence-corrected chi connectivity index (χ3v) is 8.19. The van der Waals surface area contributed by atoms with Gasteiger partial charge in [-0.1, -0.05) is 17.7 Å². The zero-order valence-corrected chi connectivity index (χ0v) is 25.0. The first-order valence-corrected chi connectivity index (χ1v) is 15.1. The first kappa shape index (κ1) is 27.3. The minimum Gasteiger partial charge on any atom is -0.441 e. The van der Waals surface area contributed by atoms with Crippen molar-refractivity contribution in [1.29, 1.82) is 0 Å². The fourth-order valence-electron chi connectivity index (χ4n) is 5.62. The summed E-state index contributed by atoms with van der Waals surface area (Å²) < 4.78 is 20.2. The van der Waals surface area contributed by atoms with Gasteiger partial charge in [0.1, 0.15) is 34.5 Å². The Morgan fingerprint density at radius 2 is 1.51 bits per heavy atom. The van der Waals surface area contributed by atoms with Crippen LogP contribution in [0.2, 0.25) is 5.02 Å². The van der Waals surface area contributed by atoms with Gasteiger partial charge in [0.25, 0.3) is 6.73 Å². The lowest BCUT2D eigenvalue weighted by atomic mass is 10.1. The number of ether oxygens (including phenoxy) is 1.